The van der Waals surface area contributed by atoms with Gasteiger partial charge in [-0.25, -0.2) is 4.98 Å². The van der Waals surface area contributed by atoms with E-state index in [4.69, 9.17) is 9.72 Å². The molecule has 31 heavy (non-hydrogen) atoms. The van der Waals surface area contributed by atoms with Gasteiger partial charge in [-0.2, -0.15) is 9.78 Å². The number of methoxy groups -OCH3 is 1. The van der Waals surface area contributed by atoms with Crippen molar-refractivity contribution in [3.05, 3.63) is 64.0 Å². The molecular weight excluding hydrogens is 412 g/mol. The molecule has 0 aliphatic rings. The van der Waals surface area contributed by atoms with E-state index in [0.29, 0.717) is 22.3 Å². The Kier molecular flexibility index (Phi) is 5.81. The van der Waals surface area contributed by atoms with Gasteiger partial charge in [-0.3, -0.25) is 9.59 Å². The van der Waals surface area contributed by atoms with E-state index in [0.717, 1.165) is 22.2 Å². The Morgan fingerprint density at radius 2 is 1.97 bits per heavy atom. The van der Waals surface area contributed by atoms with Crippen molar-refractivity contribution < 1.29 is 14.3 Å². The van der Waals surface area contributed by atoms with Crippen molar-refractivity contribution >= 4 is 39.7 Å². The van der Waals surface area contributed by atoms with Gasteiger partial charge in [0.15, 0.2) is 11.6 Å². The van der Waals surface area contributed by atoms with Crippen LogP contribution in [-0.2, 0) is 4.79 Å². The minimum Gasteiger partial charge on any atom is -0.494 e. The molecule has 3 heterocycles. The number of fused-ring (bicyclic) bond motifs is 1. The van der Waals surface area contributed by atoms with Crippen molar-refractivity contribution in [1.29, 1.82) is 0 Å². The molecule has 158 valence electrons. The first-order valence-electron chi connectivity index (χ1n) is 9.84. The van der Waals surface area contributed by atoms with Crippen LogP contribution in [-0.4, -0.2) is 33.6 Å². The van der Waals surface area contributed by atoms with Gasteiger partial charge in [0.1, 0.15) is 17.1 Å². The van der Waals surface area contributed by atoms with Gasteiger partial charge in [0.05, 0.1) is 17.7 Å². The second-order valence-electron chi connectivity index (χ2n) is 7.19. The molecule has 3 aromatic heterocycles. The molecule has 0 fully saturated rings. The van der Waals surface area contributed by atoms with Gasteiger partial charge in [0, 0.05) is 24.3 Å². The van der Waals surface area contributed by atoms with Crippen LogP contribution in [0.25, 0.3) is 16.7 Å². The number of nitrogens with zero attached hydrogens (tertiary/aromatic N) is 3. The lowest BCUT2D eigenvalue weighted by molar-refractivity contribution is -0.116. The van der Waals surface area contributed by atoms with Gasteiger partial charge in [0.25, 0.3) is 0 Å². The summed E-state index contributed by atoms with van der Waals surface area (Å²) in [6.45, 7) is 3.85. The van der Waals surface area contributed by atoms with Gasteiger partial charge in [-0.1, -0.05) is 18.2 Å². The third-order valence-electron chi connectivity index (χ3n) is 4.91. The molecule has 0 bridgehead atoms. The highest BCUT2D eigenvalue weighted by atomic mass is 32.1. The fourth-order valence-electron chi connectivity index (χ4n) is 3.40. The normalized spacial score (nSPS) is 10.9. The molecule has 0 saturated heterocycles. The highest BCUT2D eigenvalue weighted by molar-refractivity contribution is 7.12. The van der Waals surface area contributed by atoms with Crippen molar-refractivity contribution in [1.82, 2.24) is 14.8 Å². The van der Waals surface area contributed by atoms with E-state index in [9.17, 15) is 9.59 Å². The minimum absolute atomic E-state index is 0.0336. The van der Waals surface area contributed by atoms with Gasteiger partial charge in [-0.15, -0.1) is 11.3 Å². The molecule has 4 rings (SSSR count). The van der Waals surface area contributed by atoms with Crippen LogP contribution >= 0.6 is 11.3 Å². The van der Waals surface area contributed by atoms with Crippen molar-refractivity contribution in [2.24, 2.45) is 0 Å². The lowest BCUT2D eigenvalue weighted by atomic mass is 10.1. The van der Waals surface area contributed by atoms with E-state index >= 15 is 0 Å². The second kappa shape index (κ2) is 8.69. The van der Waals surface area contributed by atoms with Crippen LogP contribution in [0.15, 0.2) is 47.8 Å². The number of para-hydroxylation sites is 1. The quantitative estimate of drug-likeness (QED) is 0.426. The Balaban J connectivity index is 1.59. The monoisotopic (exact) mass is 434 g/mol. The number of hydrogen-bond donors (Lipinski definition) is 1. The SMILES string of the molecule is COc1cccc2c(C)cc(-n3nc(C)cc3NC(=O)CCC(=O)c3cccs3)nc12. The highest BCUT2D eigenvalue weighted by Gasteiger charge is 2.16. The number of pyridine rings is 1. The molecule has 4 aromatic rings. The maximum Gasteiger partial charge on any atom is 0.225 e. The standard InChI is InChI=1S/C23H22N4O3S/c1-14-12-20(25-23-16(14)6-4-7-18(23)30-3)27-21(13-15(2)26-27)24-22(29)10-9-17(28)19-8-5-11-31-19/h4-8,11-13H,9-10H2,1-3H3,(H,24,29). The maximum absolute atomic E-state index is 12.5. The van der Waals surface area contributed by atoms with E-state index in [1.807, 2.05) is 49.6 Å². The zero-order valence-electron chi connectivity index (χ0n) is 17.5. The molecule has 0 atom stereocenters. The fourth-order valence-corrected chi connectivity index (χ4v) is 4.10. The number of thiophene rings is 1. The molecule has 1 aromatic carbocycles. The van der Waals surface area contributed by atoms with Gasteiger partial charge < -0.3 is 10.1 Å². The lowest BCUT2D eigenvalue weighted by Gasteiger charge is -2.12. The summed E-state index contributed by atoms with van der Waals surface area (Å²) >= 11 is 1.38. The highest BCUT2D eigenvalue weighted by Crippen LogP contribution is 2.28. The summed E-state index contributed by atoms with van der Waals surface area (Å²) in [5.41, 5.74) is 2.49. The van der Waals surface area contributed by atoms with Crippen molar-refractivity contribution in [3.8, 4) is 11.6 Å². The largest absolute Gasteiger partial charge is 0.494 e. The van der Waals surface area contributed by atoms with Crippen LogP contribution in [0.2, 0.25) is 0 Å². The fraction of sp³-hybridized carbons (Fsp3) is 0.217. The Labute approximate surface area is 183 Å². The number of ether oxygens (including phenoxy) is 1. The average Bonchev–Trinajstić information content (AvgIpc) is 3.41. The molecule has 0 aliphatic carbocycles. The Bertz CT molecular complexity index is 1260. The molecule has 0 spiro atoms. The molecule has 0 radical (unpaired) electrons. The topological polar surface area (TPSA) is 86.1 Å². The molecule has 1 amide bonds. The van der Waals surface area contributed by atoms with Gasteiger partial charge in [0.2, 0.25) is 5.91 Å². The summed E-state index contributed by atoms with van der Waals surface area (Å²) < 4.78 is 7.07. The van der Waals surface area contributed by atoms with E-state index in [-0.39, 0.29) is 24.5 Å². The van der Waals surface area contributed by atoms with Crippen LogP contribution in [0.1, 0.15) is 33.8 Å². The number of amides is 1. The van der Waals surface area contributed by atoms with Crippen molar-refractivity contribution in [2.45, 2.75) is 26.7 Å². The number of carbonyl (C=O) groups is 2. The van der Waals surface area contributed by atoms with Crippen molar-refractivity contribution in [3.63, 3.8) is 0 Å². The predicted octanol–water partition coefficient (Wildman–Crippen LogP) is 4.71. The number of rotatable bonds is 7. The summed E-state index contributed by atoms with van der Waals surface area (Å²) in [5.74, 6) is 1.47. The second-order valence-corrected chi connectivity index (χ2v) is 8.13. The number of nitrogens with one attached hydrogen (secondary N) is 1. The summed E-state index contributed by atoms with van der Waals surface area (Å²) in [7, 11) is 1.61. The molecule has 0 saturated carbocycles. The van der Waals surface area contributed by atoms with Crippen LogP contribution in [0, 0.1) is 13.8 Å². The number of anilines is 1. The smallest absolute Gasteiger partial charge is 0.225 e. The van der Waals surface area contributed by atoms with E-state index < -0.39 is 0 Å². The number of benzene rings is 1. The molecule has 7 nitrogen and oxygen atoms in total. The predicted molar refractivity (Wildman–Crippen MR) is 121 cm³/mol. The summed E-state index contributed by atoms with van der Waals surface area (Å²) in [6, 6.07) is 13.1. The molecule has 8 heteroatoms. The van der Waals surface area contributed by atoms with Crippen LogP contribution in [0.5, 0.6) is 5.75 Å². The first kappa shape index (κ1) is 20.7. The van der Waals surface area contributed by atoms with Gasteiger partial charge >= 0.3 is 0 Å². The summed E-state index contributed by atoms with van der Waals surface area (Å²) in [5, 5.41) is 10.2. The first-order chi connectivity index (χ1) is 15.0. The molecular formula is C23H22N4O3S. The molecule has 0 unspecified atom stereocenters. The number of aryl methyl sites for hydroxylation is 2. The Morgan fingerprint density at radius 3 is 2.71 bits per heavy atom. The van der Waals surface area contributed by atoms with Gasteiger partial charge in [-0.05, 0) is 43.0 Å². The first-order valence-corrected chi connectivity index (χ1v) is 10.7. The zero-order valence-corrected chi connectivity index (χ0v) is 18.3. The van der Waals surface area contributed by atoms with E-state index in [1.54, 1.807) is 23.9 Å². The molecule has 0 aliphatic heterocycles. The third-order valence-corrected chi connectivity index (χ3v) is 5.82. The summed E-state index contributed by atoms with van der Waals surface area (Å²) in [6.07, 6.45) is 0.253. The number of ketones is 1. The van der Waals surface area contributed by atoms with E-state index in [1.165, 1.54) is 11.3 Å². The van der Waals surface area contributed by atoms with Crippen LogP contribution in [0.3, 0.4) is 0 Å². The minimum atomic E-state index is -0.249. The van der Waals surface area contributed by atoms with Crippen molar-refractivity contribution in [2.75, 3.05) is 12.4 Å². The zero-order chi connectivity index (χ0) is 22.0. The lowest BCUT2D eigenvalue weighted by Crippen LogP contribution is -2.16. The van der Waals surface area contributed by atoms with Crippen LogP contribution < -0.4 is 10.1 Å². The van der Waals surface area contributed by atoms with Crippen LogP contribution in [0.4, 0.5) is 5.82 Å². The number of carbonyl (C=O) groups excluding carboxylic acids is 2. The maximum atomic E-state index is 12.5. The third kappa shape index (κ3) is 4.34. The van der Waals surface area contributed by atoms with E-state index in [2.05, 4.69) is 10.4 Å². The Hall–Kier alpha value is -3.52. The Morgan fingerprint density at radius 1 is 1.13 bits per heavy atom. The summed E-state index contributed by atoms with van der Waals surface area (Å²) in [4.78, 5) is 30.1. The average molecular weight is 435 g/mol. The number of hydrogen-bond acceptors (Lipinski definition) is 6. The number of aromatic nitrogens is 3. The molecule has 1 N–H and O–H groups in total. The number of Topliss-reactive ketones (excluding diaryl/α,β-unsaturated/α-hetero) is 1.